The number of benzene rings is 3. The summed E-state index contributed by atoms with van der Waals surface area (Å²) < 4.78 is 94.9. The van der Waals surface area contributed by atoms with Gasteiger partial charge >= 0.3 is 0 Å². The molecule has 50 heavy (non-hydrogen) atoms. The summed E-state index contributed by atoms with van der Waals surface area (Å²) in [6, 6.07) is 20.4. The number of hydrogen-bond acceptors (Lipinski definition) is 6. The molecule has 1 aliphatic heterocycles. The van der Waals surface area contributed by atoms with E-state index in [0.717, 1.165) is 60.5 Å². The number of carbonyl (C=O) groups is 1. The third-order valence-corrected chi connectivity index (χ3v) is 9.55. The van der Waals surface area contributed by atoms with Gasteiger partial charge in [0.1, 0.15) is 12.4 Å². The maximum atomic E-state index is 13.8. The van der Waals surface area contributed by atoms with Gasteiger partial charge in [-0.25, -0.2) is 4.98 Å². The Balaban J connectivity index is 1.27. The highest BCUT2D eigenvalue weighted by Crippen LogP contribution is 2.33. The Hall–Kier alpha value is -4.21. The highest BCUT2D eigenvalue weighted by atomic mass is 32.2. The standard InChI is InChI=1S/C41H52N4O4S/c1-5-7-22-48-23-24-49-38-15-10-32(11-16-38)33-12-19-40-35(25-33)26-34(9-8-21-44(40)28-31(3)4)41(46)43-36-13-17-39(18-14-36)50(47)29-37-27-42-30-45(37)20-6-2/h10-19,25-27,30-31H,5-9,20-24,28-29H2,1-4H3,(H,43,46)/b34-26+/t50-/m0/s1/i1D3,5D2,7D2,22D2. The minimum Gasteiger partial charge on any atom is -0.491 e. The topological polar surface area (TPSA) is 85.7 Å². The molecule has 0 unspecified atom stereocenters. The van der Waals surface area contributed by atoms with Crippen LogP contribution < -0.4 is 15.0 Å². The molecule has 0 saturated carbocycles. The van der Waals surface area contributed by atoms with Crippen molar-refractivity contribution in [3.63, 3.8) is 0 Å². The predicted molar refractivity (Wildman–Crippen MR) is 205 cm³/mol. The van der Waals surface area contributed by atoms with E-state index in [2.05, 4.69) is 48.1 Å². The first-order valence-electron chi connectivity index (χ1n) is 21.5. The zero-order valence-electron chi connectivity index (χ0n) is 37.9. The predicted octanol–water partition coefficient (Wildman–Crippen LogP) is 8.74. The molecule has 1 aliphatic rings. The molecule has 9 heteroatoms. The Morgan fingerprint density at radius 2 is 1.88 bits per heavy atom. The number of aromatic nitrogens is 2. The van der Waals surface area contributed by atoms with E-state index in [1.165, 1.54) is 0 Å². The van der Waals surface area contributed by atoms with Crippen LogP contribution >= 0.6 is 0 Å². The molecule has 1 aromatic heterocycles. The summed E-state index contributed by atoms with van der Waals surface area (Å²) in [7, 11) is -1.27. The van der Waals surface area contributed by atoms with Gasteiger partial charge in [0.25, 0.3) is 5.91 Å². The van der Waals surface area contributed by atoms with Crippen LogP contribution in [0.15, 0.2) is 89.7 Å². The van der Waals surface area contributed by atoms with Gasteiger partial charge in [0.05, 0.1) is 37.9 Å². The second-order valence-electron chi connectivity index (χ2n) is 12.5. The van der Waals surface area contributed by atoms with Crippen LogP contribution in [0.25, 0.3) is 17.2 Å². The lowest BCUT2D eigenvalue weighted by atomic mass is 9.96. The van der Waals surface area contributed by atoms with Gasteiger partial charge in [-0.1, -0.05) is 52.2 Å². The number of fused-ring (bicyclic) bond motifs is 1. The molecule has 0 saturated heterocycles. The van der Waals surface area contributed by atoms with Crippen LogP contribution in [0.3, 0.4) is 0 Å². The number of rotatable bonds is 17. The molecule has 4 aromatic rings. The minimum absolute atomic E-state index is 0.207. The lowest BCUT2D eigenvalue weighted by Gasteiger charge is -2.30. The van der Waals surface area contributed by atoms with E-state index in [4.69, 9.17) is 21.8 Å². The summed E-state index contributed by atoms with van der Waals surface area (Å²) in [5.74, 6) is 0.986. The van der Waals surface area contributed by atoms with Crippen LogP contribution in [0.5, 0.6) is 5.75 Å². The van der Waals surface area contributed by atoms with Crippen molar-refractivity contribution in [2.45, 2.75) is 76.8 Å². The van der Waals surface area contributed by atoms with Crippen molar-refractivity contribution < 1.29 is 30.8 Å². The van der Waals surface area contributed by atoms with Gasteiger partial charge in [-0.15, -0.1) is 0 Å². The number of imidazole rings is 1. The van der Waals surface area contributed by atoms with Gasteiger partial charge in [-0.05, 0) is 103 Å². The molecule has 1 N–H and O–H groups in total. The highest BCUT2D eigenvalue weighted by Gasteiger charge is 2.20. The van der Waals surface area contributed by atoms with Crippen LogP contribution in [-0.4, -0.2) is 52.5 Å². The summed E-state index contributed by atoms with van der Waals surface area (Å²) in [6.07, 6.45) is 0.785. The average Bonchev–Trinajstić information content (AvgIpc) is 3.60. The summed E-state index contributed by atoms with van der Waals surface area (Å²) in [5, 5.41) is 3.04. The van der Waals surface area contributed by atoms with Gasteiger partial charge in [-0.3, -0.25) is 9.00 Å². The highest BCUT2D eigenvalue weighted by molar-refractivity contribution is 7.84. The maximum absolute atomic E-state index is 13.8. The lowest BCUT2D eigenvalue weighted by molar-refractivity contribution is -0.112. The SMILES string of the molecule is [2H]C([2H])([2H])C([2H])([2H])C([2H])([2H])C([2H])([2H])OCCOc1ccc(-c2ccc3c(c2)/C=C(/C(=O)Nc2ccc([S@@](=O)Cc4cncn4CCC)cc2)CCCN3CC(C)C)cc1. The number of ether oxygens (including phenoxy) is 2. The molecular formula is C41H52N4O4S. The monoisotopic (exact) mass is 705 g/mol. The molecule has 0 aliphatic carbocycles. The minimum atomic E-state index is -3.51. The van der Waals surface area contributed by atoms with E-state index in [1.807, 2.05) is 28.8 Å². The fourth-order valence-electron chi connectivity index (χ4n) is 5.87. The Labute approximate surface area is 313 Å². The van der Waals surface area contributed by atoms with E-state index < -0.39 is 43.6 Å². The molecule has 8 nitrogen and oxygen atoms in total. The van der Waals surface area contributed by atoms with Crippen molar-refractivity contribution in [2.24, 2.45) is 5.92 Å². The van der Waals surface area contributed by atoms with Gasteiger partial charge in [0, 0.05) is 63.8 Å². The van der Waals surface area contributed by atoms with Gasteiger partial charge in [-0.2, -0.15) is 0 Å². The largest absolute Gasteiger partial charge is 0.491 e. The Morgan fingerprint density at radius 1 is 1.08 bits per heavy atom. The summed E-state index contributed by atoms with van der Waals surface area (Å²) in [4.78, 5) is 21.0. The zero-order valence-corrected chi connectivity index (χ0v) is 29.7. The molecule has 0 fully saturated rings. The van der Waals surface area contributed by atoms with Crippen LogP contribution in [0.4, 0.5) is 11.4 Å². The molecule has 5 rings (SSSR count). The molecular weight excluding hydrogens is 645 g/mol. The number of nitrogens with one attached hydrogen (secondary N) is 1. The third-order valence-electron chi connectivity index (χ3n) is 8.19. The number of hydrogen-bond donors (Lipinski definition) is 1. The van der Waals surface area contributed by atoms with E-state index in [0.29, 0.717) is 40.0 Å². The second-order valence-corrected chi connectivity index (χ2v) is 14.0. The van der Waals surface area contributed by atoms with Crippen molar-refractivity contribution in [2.75, 3.05) is 43.1 Å². The van der Waals surface area contributed by atoms with Crippen molar-refractivity contribution >= 4 is 34.2 Å². The van der Waals surface area contributed by atoms with Gasteiger partial charge in [0.15, 0.2) is 0 Å². The smallest absolute Gasteiger partial charge is 0.251 e. The second kappa shape index (κ2) is 18.7. The normalized spacial score (nSPS) is 18.5. The molecule has 0 spiro atoms. The summed E-state index contributed by atoms with van der Waals surface area (Å²) in [6.45, 7) is 1.54. The number of anilines is 2. The van der Waals surface area contributed by atoms with E-state index in [9.17, 15) is 9.00 Å². The quantitative estimate of drug-likeness (QED) is 0.111. The first-order chi connectivity index (χ1) is 27.7. The Kier molecular flexibility index (Phi) is 9.93. The maximum Gasteiger partial charge on any atom is 0.251 e. The molecule has 1 amide bonds. The van der Waals surface area contributed by atoms with Crippen molar-refractivity contribution in [3.05, 3.63) is 96.1 Å². The fraction of sp³-hybridized carbons (Fsp3) is 0.415. The van der Waals surface area contributed by atoms with Crippen molar-refractivity contribution in [1.82, 2.24) is 9.55 Å². The molecule has 266 valence electrons. The Bertz CT molecular complexity index is 2100. The van der Waals surface area contributed by atoms with Crippen LogP contribution in [0.2, 0.25) is 0 Å². The van der Waals surface area contributed by atoms with Crippen LogP contribution in [-0.2, 0) is 32.6 Å². The van der Waals surface area contributed by atoms with Gasteiger partial charge in [0.2, 0.25) is 0 Å². The van der Waals surface area contributed by atoms with Gasteiger partial charge < -0.3 is 24.3 Å². The number of aryl methyl sites for hydroxylation is 1. The van der Waals surface area contributed by atoms with E-state index in [-0.39, 0.29) is 12.5 Å². The average molecular weight is 706 g/mol. The molecule has 0 radical (unpaired) electrons. The molecule has 3 aromatic carbocycles. The summed E-state index contributed by atoms with van der Waals surface area (Å²) in [5.41, 5.74) is 5.86. The van der Waals surface area contributed by atoms with Crippen molar-refractivity contribution in [1.29, 1.82) is 0 Å². The number of nitrogens with zero attached hydrogens (tertiary/aromatic N) is 3. The molecule has 1 atom stereocenters. The summed E-state index contributed by atoms with van der Waals surface area (Å²) >= 11 is 0. The molecule has 2 heterocycles. The van der Waals surface area contributed by atoms with E-state index >= 15 is 0 Å². The Morgan fingerprint density at radius 3 is 2.64 bits per heavy atom. The number of carbonyl (C=O) groups excluding carboxylic acids is 1. The van der Waals surface area contributed by atoms with Crippen molar-refractivity contribution in [3.8, 4) is 16.9 Å². The first-order valence-corrected chi connectivity index (χ1v) is 18.3. The third kappa shape index (κ3) is 10.4. The number of amides is 1. The lowest BCUT2D eigenvalue weighted by Crippen LogP contribution is -2.30. The van der Waals surface area contributed by atoms with Crippen LogP contribution in [0, 0.1) is 5.92 Å². The first kappa shape index (κ1) is 26.6. The fourth-order valence-corrected chi connectivity index (χ4v) is 6.99. The zero-order chi connectivity index (χ0) is 43.2. The van der Waals surface area contributed by atoms with Crippen LogP contribution in [0.1, 0.15) is 83.2 Å². The van der Waals surface area contributed by atoms with E-state index in [1.54, 1.807) is 48.9 Å². The molecule has 0 bridgehead atoms.